The molecule has 2 aromatic carbocycles. The molecule has 1 aromatic heterocycles. The lowest BCUT2D eigenvalue weighted by atomic mass is 9.83. The number of aromatic nitrogens is 1. The van der Waals surface area contributed by atoms with Crippen LogP contribution in [0.3, 0.4) is 0 Å². The Morgan fingerprint density at radius 1 is 1.03 bits per heavy atom. The van der Waals surface area contributed by atoms with Crippen molar-refractivity contribution in [2.75, 3.05) is 30.5 Å². The molecule has 1 fully saturated rings. The molecule has 3 aromatic rings. The Labute approximate surface area is 220 Å². The lowest BCUT2D eigenvalue weighted by Gasteiger charge is -2.31. The summed E-state index contributed by atoms with van der Waals surface area (Å²) in [5.41, 5.74) is 2.04. The monoisotopic (exact) mass is 541 g/mol. The number of nitrogens with zero attached hydrogens (tertiary/aromatic N) is 3. The summed E-state index contributed by atoms with van der Waals surface area (Å²) in [6.45, 7) is 1.58. The molecule has 2 aliphatic heterocycles. The maximum Gasteiger partial charge on any atom is 0.326 e. The third-order valence-electron chi connectivity index (χ3n) is 6.50. The zero-order valence-corrected chi connectivity index (χ0v) is 22.0. The van der Waals surface area contributed by atoms with Crippen molar-refractivity contribution in [2.24, 2.45) is 5.92 Å². The number of amides is 2. The fourth-order valence-corrected chi connectivity index (χ4v) is 7.55. The number of thioether (sulfide) groups is 1. The number of anilines is 2. The largest absolute Gasteiger partial charge is 0.465 e. The van der Waals surface area contributed by atoms with E-state index in [1.165, 1.54) is 28.8 Å². The first-order valence-electron chi connectivity index (χ1n) is 11.7. The van der Waals surface area contributed by atoms with Crippen molar-refractivity contribution in [2.45, 2.75) is 29.7 Å². The number of esters is 1. The van der Waals surface area contributed by atoms with Gasteiger partial charge in [0.25, 0.3) is 0 Å². The van der Waals surface area contributed by atoms with Crippen LogP contribution in [0.15, 0.2) is 58.4 Å². The molecular formula is C26H24FN3O5S2. The van der Waals surface area contributed by atoms with Crippen LogP contribution >= 0.6 is 23.1 Å². The summed E-state index contributed by atoms with van der Waals surface area (Å²) in [4.78, 5) is 56.0. The van der Waals surface area contributed by atoms with E-state index in [1.807, 2.05) is 43.3 Å². The summed E-state index contributed by atoms with van der Waals surface area (Å²) in [5, 5.41) is -0.320. The van der Waals surface area contributed by atoms with E-state index in [9.17, 15) is 23.6 Å². The van der Waals surface area contributed by atoms with Gasteiger partial charge in [0.05, 0.1) is 23.2 Å². The number of carbonyl (C=O) groups excluding carboxylic acids is 3. The van der Waals surface area contributed by atoms with Crippen LogP contribution in [-0.4, -0.2) is 48.3 Å². The van der Waals surface area contributed by atoms with Crippen molar-refractivity contribution in [1.29, 1.82) is 0 Å². The highest BCUT2D eigenvalue weighted by atomic mass is 32.2. The second-order valence-corrected chi connectivity index (χ2v) is 11.1. The van der Waals surface area contributed by atoms with Gasteiger partial charge in [-0.2, -0.15) is 0 Å². The molecule has 2 amide bonds. The molecule has 0 radical (unpaired) electrons. The third kappa shape index (κ3) is 4.36. The van der Waals surface area contributed by atoms with E-state index in [4.69, 9.17) is 4.74 Å². The normalized spacial score (nSPS) is 20.5. The van der Waals surface area contributed by atoms with Crippen LogP contribution in [0.25, 0.3) is 0 Å². The van der Waals surface area contributed by atoms with Gasteiger partial charge in [-0.1, -0.05) is 35.2 Å². The molecule has 11 heteroatoms. The molecule has 37 heavy (non-hydrogen) atoms. The number of thiazole rings is 1. The summed E-state index contributed by atoms with van der Waals surface area (Å²) < 4.78 is 19.9. The molecule has 3 heterocycles. The molecule has 3 atom stereocenters. The predicted molar refractivity (Wildman–Crippen MR) is 140 cm³/mol. The topological polar surface area (TPSA) is 88.9 Å². The molecule has 0 aliphatic carbocycles. The Morgan fingerprint density at radius 3 is 2.32 bits per heavy atom. The highest BCUT2D eigenvalue weighted by molar-refractivity contribution is 8.00. The molecule has 0 N–H and O–H groups in total. The number of ether oxygens (including phenoxy) is 1. The zero-order valence-electron chi connectivity index (χ0n) is 20.3. The maximum atomic E-state index is 13.8. The van der Waals surface area contributed by atoms with Gasteiger partial charge in [0.1, 0.15) is 17.6 Å². The molecule has 3 unspecified atom stereocenters. The maximum absolute atomic E-state index is 13.8. The number of fused-ring (bicyclic) bond motifs is 2. The van der Waals surface area contributed by atoms with Gasteiger partial charge in [-0.05, 0) is 48.9 Å². The van der Waals surface area contributed by atoms with Gasteiger partial charge < -0.3 is 9.64 Å². The molecule has 1 saturated heterocycles. The summed E-state index contributed by atoms with van der Waals surface area (Å²) >= 11 is 2.10. The summed E-state index contributed by atoms with van der Waals surface area (Å²) in [6, 6.07) is 12.9. The van der Waals surface area contributed by atoms with E-state index in [0.717, 1.165) is 39.2 Å². The van der Waals surface area contributed by atoms with Gasteiger partial charge in [-0.15, -0.1) is 0 Å². The molecule has 5 rings (SSSR count). The van der Waals surface area contributed by atoms with E-state index in [-0.39, 0.29) is 18.0 Å². The zero-order chi connectivity index (χ0) is 26.4. The highest BCUT2D eigenvalue weighted by Gasteiger charge is 2.56. The molecular weight excluding hydrogens is 517 g/mol. The van der Waals surface area contributed by atoms with Crippen LogP contribution in [0, 0.1) is 11.7 Å². The summed E-state index contributed by atoms with van der Waals surface area (Å²) in [6.07, 6.45) is 0. The van der Waals surface area contributed by atoms with Gasteiger partial charge in [-0.25, -0.2) is 9.29 Å². The first-order valence-corrected chi connectivity index (χ1v) is 13.4. The Kier molecular flexibility index (Phi) is 6.67. The summed E-state index contributed by atoms with van der Waals surface area (Å²) in [7, 11) is 3.84. The lowest BCUT2D eigenvalue weighted by Crippen LogP contribution is -2.32. The van der Waals surface area contributed by atoms with Crippen LogP contribution in [-0.2, 0) is 25.7 Å². The van der Waals surface area contributed by atoms with Gasteiger partial charge in [-0.3, -0.25) is 23.7 Å². The first-order chi connectivity index (χ1) is 17.7. The molecule has 8 nitrogen and oxygen atoms in total. The van der Waals surface area contributed by atoms with Crippen molar-refractivity contribution in [3.63, 3.8) is 0 Å². The molecule has 2 aliphatic rings. The van der Waals surface area contributed by atoms with E-state index < -0.39 is 40.7 Å². The average Bonchev–Trinajstić information content (AvgIpc) is 3.31. The Morgan fingerprint density at radius 2 is 1.70 bits per heavy atom. The number of carbonyl (C=O) groups is 3. The van der Waals surface area contributed by atoms with Crippen molar-refractivity contribution in [3.8, 4) is 0 Å². The number of imide groups is 1. The van der Waals surface area contributed by atoms with Crippen molar-refractivity contribution < 1.29 is 23.5 Å². The van der Waals surface area contributed by atoms with Crippen molar-refractivity contribution >= 4 is 52.3 Å². The molecule has 0 saturated carbocycles. The van der Waals surface area contributed by atoms with Crippen LogP contribution in [0.4, 0.5) is 15.8 Å². The number of hydrogen-bond acceptors (Lipinski definition) is 8. The SMILES string of the molecule is CCOC(=O)Cn1c2c(sc1=O)C(c1ccc(N(C)C)cc1)C1C(=O)N(c3ccc(F)cc3)C(=O)C1S2. The average molecular weight is 542 g/mol. The van der Waals surface area contributed by atoms with Crippen LogP contribution in [0.5, 0.6) is 0 Å². The van der Waals surface area contributed by atoms with E-state index in [2.05, 4.69) is 0 Å². The molecule has 0 spiro atoms. The predicted octanol–water partition coefficient (Wildman–Crippen LogP) is 3.47. The number of halogens is 1. The van der Waals surface area contributed by atoms with E-state index in [1.54, 1.807) is 6.92 Å². The first kappa shape index (κ1) is 25.2. The number of rotatable bonds is 6. The number of hydrogen-bond donors (Lipinski definition) is 0. The second-order valence-electron chi connectivity index (χ2n) is 8.94. The minimum Gasteiger partial charge on any atom is -0.465 e. The van der Waals surface area contributed by atoms with Gasteiger partial charge >= 0.3 is 10.8 Å². The van der Waals surface area contributed by atoms with Crippen LogP contribution < -0.4 is 14.7 Å². The second kappa shape index (κ2) is 9.79. The fraction of sp³-hybridized carbons (Fsp3) is 0.308. The van der Waals surface area contributed by atoms with Crippen LogP contribution in [0.2, 0.25) is 0 Å². The van der Waals surface area contributed by atoms with Gasteiger partial charge in [0, 0.05) is 30.6 Å². The number of benzene rings is 2. The summed E-state index contributed by atoms with van der Waals surface area (Å²) in [5.74, 6) is -3.21. The van der Waals surface area contributed by atoms with Crippen molar-refractivity contribution in [3.05, 3.63) is 74.5 Å². The Balaban J connectivity index is 1.63. The van der Waals surface area contributed by atoms with Crippen LogP contribution in [0.1, 0.15) is 23.3 Å². The van der Waals surface area contributed by atoms with Gasteiger partial charge in [0.15, 0.2) is 0 Å². The van der Waals surface area contributed by atoms with Gasteiger partial charge in [0.2, 0.25) is 11.8 Å². The highest BCUT2D eigenvalue weighted by Crippen LogP contribution is 2.54. The Hall–Kier alpha value is -3.44. The lowest BCUT2D eigenvalue weighted by molar-refractivity contribution is -0.144. The Bertz CT molecular complexity index is 1430. The fourth-order valence-electron chi connectivity index (χ4n) is 4.77. The third-order valence-corrected chi connectivity index (χ3v) is 9.10. The van der Waals surface area contributed by atoms with E-state index in [0.29, 0.717) is 15.6 Å². The smallest absolute Gasteiger partial charge is 0.326 e. The molecule has 0 bridgehead atoms. The van der Waals surface area contributed by atoms with E-state index >= 15 is 0 Å². The minimum absolute atomic E-state index is 0.179. The van der Waals surface area contributed by atoms with Crippen molar-refractivity contribution in [1.82, 2.24) is 4.57 Å². The standard InChI is InChI=1S/C26H24FN3O5S2/c1-4-35-18(31)13-29-25-22(37-26(29)34)19(14-5-9-16(10-6-14)28(2)3)20-21(36-25)24(33)30(23(20)32)17-11-7-15(27)8-12-17/h5-12,19-21H,4,13H2,1-3H3. The molecule has 192 valence electrons. The minimum atomic E-state index is -0.814. The quantitative estimate of drug-likeness (QED) is 0.349.